The van der Waals surface area contributed by atoms with Crippen LogP contribution in [0.15, 0.2) is 53.5 Å². The highest BCUT2D eigenvalue weighted by molar-refractivity contribution is 6.30. The zero-order valence-corrected chi connectivity index (χ0v) is 12.2. The van der Waals surface area contributed by atoms with Gasteiger partial charge in [0.05, 0.1) is 5.69 Å². The lowest BCUT2D eigenvalue weighted by Crippen LogP contribution is -1.91. The SMILES string of the molecule is Cc1c(C=Nc2cccc(Cl)c2)c2ccccc2n1C. The molecule has 0 unspecified atom stereocenters. The summed E-state index contributed by atoms with van der Waals surface area (Å²) >= 11 is 5.98. The van der Waals surface area contributed by atoms with Crippen molar-refractivity contribution < 1.29 is 0 Å². The van der Waals surface area contributed by atoms with E-state index in [0.29, 0.717) is 5.02 Å². The summed E-state index contributed by atoms with van der Waals surface area (Å²) in [4.78, 5) is 4.54. The maximum Gasteiger partial charge on any atom is 0.0644 e. The number of halogens is 1. The quantitative estimate of drug-likeness (QED) is 0.596. The van der Waals surface area contributed by atoms with E-state index in [0.717, 1.165) is 11.3 Å². The number of aliphatic imine (C=N–C) groups is 1. The van der Waals surface area contributed by atoms with E-state index in [2.05, 4.69) is 47.8 Å². The number of hydrogen-bond acceptors (Lipinski definition) is 1. The molecule has 1 aromatic heterocycles. The van der Waals surface area contributed by atoms with Crippen LogP contribution < -0.4 is 0 Å². The van der Waals surface area contributed by atoms with Crippen LogP contribution in [-0.2, 0) is 7.05 Å². The van der Waals surface area contributed by atoms with Gasteiger partial charge in [-0.15, -0.1) is 0 Å². The second-order valence-corrected chi connectivity index (χ2v) is 5.25. The minimum Gasteiger partial charge on any atom is -0.347 e. The molecule has 20 heavy (non-hydrogen) atoms. The smallest absolute Gasteiger partial charge is 0.0644 e. The molecule has 0 bridgehead atoms. The van der Waals surface area contributed by atoms with E-state index in [9.17, 15) is 0 Å². The van der Waals surface area contributed by atoms with Crippen molar-refractivity contribution in [3.63, 3.8) is 0 Å². The molecule has 0 aliphatic heterocycles. The van der Waals surface area contributed by atoms with Crippen molar-refractivity contribution in [2.75, 3.05) is 0 Å². The first kappa shape index (κ1) is 12.9. The van der Waals surface area contributed by atoms with Gasteiger partial charge in [-0.05, 0) is 31.2 Å². The minimum atomic E-state index is 0.703. The Morgan fingerprint density at radius 3 is 2.70 bits per heavy atom. The number of nitrogens with zero attached hydrogens (tertiary/aromatic N) is 2. The first-order chi connectivity index (χ1) is 9.66. The Bertz CT molecular complexity index is 800. The molecule has 0 spiro atoms. The van der Waals surface area contributed by atoms with Gasteiger partial charge in [-0.1, -0.05) is 35.9 Å². The molecule has 0 saturated heterocycles. The average molecular weight is 283 g/mol. The molecule has 0 atom stereocenters. The molecule has 0 fully saturated rings. The first-order valence-corrected chi connectivity index (χ1v) is 6.88. The molecule has 2 nitrogen and oxygen atoms in total. The van der Waals surface area contributed by atoms with Crippen molar-refractivity contribution in [1.29, 1.82) is 0 Å². The second kappa shape index (κ2) is 5.14. The fourth-order valence-electron chi connectivity index (χ4n) is 2.41. The van der Waals surface area contributed by atoms with Gasteiger partial charge in [-0.25, -0.2) is 0 Å². The Morgan fingerprint density at radius 1 is 1.10 bits per heavy atom. The number of aryl methyl sites for hydroxylation is 1. The number of para-hydroxylation sites is 1. The topological polar surface area (TPSA) is 17.3 Å². The molecule has 3 rings (SSSR count). The third-order valence-corrected chi connectivity index (χ3v) is 3.83. The summed E-state index contributed by atoms with van der Waals surface area (Å²) in [5.74, 6) is 0. The third-order valence-electron chi connectivity index (χ3n) is 3.60. The summed E-state index contributed by atoms with van der Waals surface area (Å²) in [5, 5.41) is 1.92. The summed E-state index contributed by atoms with van der Waals surface area (Å²) in [5.41, 5.74) is 4.45. The highest BCUT2D eigenvalue weighted by atomic mass is 35.5. The Labute approximate surface area is 123 Å². The van der Waals surface area contributed by atoms with Crippen LogP contribution in [0.1, 0.15) is 11.3 Å². The van der Waals surface area contributed by atoms with Gasteiger partial charge >= 0.3 is 0 Å². The molecule has 0 amide bonds. The van der Waals surface area contributed by atoms with E-state index in [4.69, 9.17) is 11.6 Å². The van der Waals surface area contributed by atoms with E-state index in [1.165, 1.54) is 16.6 Å². The van der Waals surface area contributed by atoms with Crippen molar-refractivity contribution in [1.82, 2.24) is 4.57 Å². The molecular formula is C17H15ClN2. The van der Waals surface area contributed by atoms with Crippen LogP contribution in [0.3, 0.4) is 0 Å². The summed E-state index contributed by atoms with van der Waals surface area (Å²) < 4.78 is 2.19. The van der Waals surface area contributed by atoms with Gasteiger partial charge in [0.15, 0.2) is 0 Å². The van der Waals surface area contributed by atoms with E-state index in [1.807, 2.05) is 30.5 Å². The lowest BCUT2D eigenvalue weighted by atomic mass is 10.1. The maximum absolute atomic E-state index is 5.98. The summed E-state index contributed by atoms with van der Waals surface area (Å²) in [6.07, 6.45) is 1.92. The summed E-state index contributed by atoms with van der Waals surface area (Å²) in [6, 6.07) is 15.9. The van der Waals surface area contributed by atoms with Crippen LogP contribution in [0.25, 0.3) is 10.9 Å². The molecule has 0 aliphatic rings. The Balaban J connectivity index is 2.09. The lowest BCUT2D eigenvalue weighted by Gasteiger charge is -1.98. The molecule has 1 heterocycles. The second-order valence-electron chi connectivity index (χ2n) is 4.81. The minimum absolute atomic E-state index is 0.703. The maximum atomic E-state index is 5.98. The zero-order chi connectivity index (χ0) is 14.1. The zero-order valence-electron chi connectivity index (χ0n) is 11.5. The molecular weight excluding hydrogens is 268 g/mol. The standard InChI is InChI=1S/C17H15ClN2/c1-12-16(11-19-14-7-5-6-13(18)10-14)15-8-3-4-9-17(15)20(12)2/h3-11H,1-2H3. The Morgan fingerprint density at radius 2 is 1.90 bits per heavy atom. The number of benzene rings is 2. The number of rotatable bonds is 2. The third kappa shape index (κ3) is 2.23. The number of fused-ring (bicyclic) bond motifs is 1. The normalized spacial score (nSPS) is 11.6. The molecule has 2 aromatic carbocycles. The van der Waals surface area contributed by atoms with Crippen molar-refractivity contribution in [3.05, 3.63) is 64.8 Å². The summed E-state index contributed by atoms with van der Waals surface area (Å²) in [7, 11) is 2.08. The predicted octanol–water partition coefficient (Wildman–Crippen LogP) is 4.89. The van der Waals surface area contributed by atoms with Crippen molar-refractivity contribution >= 4 is 34.4 Å². The van der Waals surface area contributed by atoms with Crippen LogP contribution in [0.5, 0.6) is 0 Å². The van der Waals surface area contributed by atoms with Crippen LogP contribution in [0.2, 0.25) is 5.02 Å². The van der Waals surface area contributed by atoms with Crippen molar-refractivity contribution in [3.8, 4) is 0 Å². The van der Waals surface area contributed by atoms with Crippen molar-refractivity contribution in [2.45, 2.75) is 6.92 Å². The van der Waals surface area contributed by atoms with Gasteiger partial charge in [0, 0.05) is 40.4 Å². The molecule has 0 N–H and O–H groups in total. The number of aromatic nitrogens is 1. The van der Waals surface area contributed by atoms with Gasteiger partial charge in [0.1, 0.15) is 0 Å². The largest absolute Gasteiger partial charge is 0.347 e. The van der Waals surface area contributed by atoms with E-state index in [1.54, 1.807) is 0 Å². The van der Waals surface area contributed by atoms with Crippen molar-refractivity contribution in [2.24, 2.45) is 12.0 Å². The lowest BCUT2D eigenvalue weighted by molar-refractivity contribution is 0.917. The number of hydrogen-bond donors (Lipinski definition) is 0. The first-order valence-electron chi connectivity index (χ1n) is 6.50. The van der Waals surface area contributed by atoms with Crippen LogP contribution in [-0.4, -0.2) is 10.8 Å². The van der Waals surface area contributed by atoms with Crippen LogP contribution in [0.4, 0.5) is 5.69 Å². The average Bonchev–Trinajstić information content (AvgIpc) is 2.70. The molecule has 0 aliphatic carbocycles. The fraction of sp³-hybridized carbons (Fsp3) is 0.118. The molecule has 3 aromatic rings. The van der Waals surface area contributed by atoms with E-state index >= 15 is 0 Å². The fourth-order valence-corrected chi connectivity index (χ4v) is 2.59. The summed E-state index contributed by atoms with van der Waals surface area (Å²) in [6.45, 7) is 2.11. The van der Waals surface area contributed by atoms with Crippen LogP contribution >= 0.6 is 11.6 Å². The van der Waals surface area contributed by atoms with Gasteiger partial charge in [0.25, 0.3) is 0 Å². The predicted molar refractivity (Wildman–Crippen MR) is 86.4 cm³/mol. The Kier molecular flexibility index (Phi) is 3.33. The molecule has 100 valence electrons. The van der Waals surface area contributed by atoms with Crippen LogP contribution in [0, 0.1) is 6.92 Å². The monoisotopic (exact) mass is 282 g/mol. The van der Waals surface area contributed by atoms with Gasteiger partial charge in [-0.2, -0.15) is 0 Å². The van der Waals surface area contributed by atoms with E-state index in [-0.39, 0.29) is 0 Å². The molecule has 0 radical (unpaired) electrons. The van der Waals surface area contributed by atoms with Gasteiger partial charge < -0.3 is 4.57 Å². The van der Waals surface area contributed by atoms with Gasteiger partial charge in [0.2, 0.25) is 0 Å². The Hall–Kier alpha value is -2.06. The molecule has 3 heteroatoms. The van der Waals surface area contributed by atoms with E-state index < -0.39 is 0 Å². The highest BCUT2D eigenvalue weighted by Crippen LogP contribution is 2.24. The highest BCUT2D eigenvalue weighted by Gasteiger charge is 2.08. The molecule has 0 saturated carbocycles. The van der Waals surface area contributed by atoms with Gasteiger partial charge in [-0.3, -0.25) is 4.99 Å².